The van der Waals surface area contributed by atoms with Crippen molar-refractivity contribution in [3.8, 4) is 11.6 Å². The van der Waals surface area contributed by atoms with Crippen molar-refractivity contribution in [2.45, 2.75) is 6.42 Å². The third kappa shape index (κ3) is 3.53. The molecule has 0 saturated heterocycles. The summed E-state index contributed by atoms with van der Waals surface area (Å²) in [6.45, 7) is 0.0996. The zero-order valence-corrected chi connectivity index (χ0v) is 10.1. The quantitative estimate of drug-likeness (QED) is 0.859. The molecule has 98 valence electrons. The first-order valence-electron chi connectivity index (χ1n) is 5.76. The molecule has 5 heteroatoms. The van der Waals surface area contributed by atoms with E-state index in [4.69, 9.17) is 14.9 Å². The van der Waals surface area contributed by atoms with Gasteiger partial charge in [-0.05, 0) is 30.2 Å². The van der Waals surface area contributed by atoms with Crippen molar-refractivity contribution in [3.05, 3.63) is 53.7 Å². The zero-order chi connectivity index (χ0) is 13.7. The molecule has 0 atom stereocenters. The lowest BCUT2D eigenvalue weighted by Gasteiger charge is -2.06. The van der Waals surface area contributed by atoms with Crippen LogP contribution in [0, 0.1) is 0 Å². The number of aliphatic hydroxyl groups excluding tert-OH is 1. The van der Waals surface area contributed by atoms with Crippen LogP contribution in [0.1, 0.15) is 15.9 Å². The molecule has 0 aliphatic carbocycles. The van der Waals surface area contributed by atoms with Crippen molar-refractivity contribution >= 4 is 5.97 Å². The fraction of sp³-hybridized carbons (Fsp3) is 0.143. The van der Waals surface area contributed by atoms with Crippen LogP contribution in [0.25, 0.3) is 0 Å². The summed E-state index contributed by atoms with van der Waals surface area (Å²) in [6.07, 6.45) is 1.98. The molecule has 0 bridgehead atoms. The highest BCUT2D eigenvalue weighted by molar-refractivity contribution is 5.87. The summed E-state index contributed by atoms with van der Waals surface area (Å²) in [6, 6.07) is 9.95. The number of aromatic carboxylic acids is 1. The highest BCUT2D eigenvalue weighted by Gasteiger charge is 2.05. The Hall–Kier alpha value is -2.40. The first kappa shape index (κ1) is 13.0. The van der Waals surface area contributed by atoms with E-state index in [1.165, 1.54) is 18.3 Å². The maximum Gasteiger partial charge on any atom is 0.335 e. The summed E-state index contributed by atoms with van der Waals surface area (Å²) >= 11 is 0. The van der Waals surface area contributed by atoms with Crippen molar-refractivity contribution in [2.24, 2.45) is 0 Å². The van der Waals surface area contributed by atoms with Crippen molar-refractivity contribution < 1.29 is 19.7 Å². The lowest BCUT2D eigenvalue weighted by Crippen LogP contribution is -1.97. The van der Waals surface area contributed by atoms with Crippen LogP contribution < -0.4 is 4.74 Å². The van der Waals surface area contributed by atoms with Crippen LogP contribution in [0.4, 0.5) is 0 Å². The maximum atomic E-state index is 10.8. The smallest absolute Gasteiger partial charge is 0.335 e. The molecule has 2 N–H and O–H groups in total. The second-order valence-corrected chi connectivity index (χ2v) is 3.91. The van der Waals surface area contributed by atoms with Gasteiger partial charge >= 0.3 is 5.97 Å². The SMILES string of the molecule is O=C(O)c1ccnc(Oc2ccc(CCO)cc2)c1. The van der Waals surface area contributed by atoms with Gasteiger partial charge in [-0.15, -0.1) is 0 Å². The largest absolute Gasteiger partial charge is 0.478 e. The minimum atomic E-state index is -1.02. The monoisotopic (exact) mass is 259 g/mol. The molecule has 0 unspecified atom stereocenters. The Kier molecular flexibility index (Phi) is 4.10. The molecule has 0 aliphatic heterocycles. The second kappa shape index (κ2) is 5.97. The number of carboxylic acids is 1. The van der Waals surface area contributed by atoms with Gasteiger partial charge in [-0.1, -0.05) is 12.1 Å². The summed E-state index contributed by atoms with van der Waals surface area (Å²) in [5.74, 6) is -0.225. The molecular weight excluding hydrogens is 246 g/mol. The summed E-state index contributed by atoms with van der Waals surface area (Å²) in [5.41, 5.74) is 1.13. The predicted octanol–water partition coefficient (Wildman–Crippen LogP) is 2.11. The van der Waals surface area contributed by atoms with Gasteiger partial charge in [0.1, 0.15) is 5.75 Å². The standard InChI is InChI=1S/C14H13NO4/c16-8-6-10-1-3-12(4-2-10)19-13-9-11(14(17)18)5-7-15-13/h1-5,7,9,16H,6,8H2,(H,17,18). The van der Waals surface area contributed by atoms with Crippen molar-refractivity contribution in [1.82, 2.24) is 4.98 Å². The number of aliphatic hydroxyl groups is 1. The average Bonchev–Trinajstić information content (AvgIpc) is 2.42. The molecular formula is C14H13NO4. The molecule has 0 amide bonds. The van der Waals surface area contributed by atoms with Gasteiger partial charge in [0, 0.05) is 18.9 Å². The van der Waals surface area contributed by atoms with Crippen LogP contribution in [0.3, 0.4) is 0 Å². The Bertz CT molecular complexity index is 566. The van der Waals surface area contributed by atoms with Gasteiger partial charge < -0.3 is 14.9 Å². The lowest BCUT2D eigenvalue weighted by molar-refractivity contribution is 0.0696. The van der Waals surface area contributed by atoms with Crippen LogP contribution in [-0.4, -0.2) is 27.8 Å². The minimum absolute atomic E-state index is 0.0996. The van der Waals surface area contributed by atoms with E-state index in [-0.39, 0.29) is 18.1 Å². The number of carboxylic acid groups (broad SMARTS) is 1. The Balaban J connectivity index is 2.12. The van der Waals surface area contributed by atoms with E-state index in [1.54, 1.807) is 12.1 Å². The van der Waals surface area contributed by atoms with E-state index in [0.29, 0.717) is 12.2 Å². The third-order valence-corrected chi connectivity index (χ3v) is 2.53. The van der Waals surface area contributed by atoms with Crippen LogP contribution in [-0.2, 0) is 6.42 Å². The molecule has 0 saturated carbocycles. The number of pyridine rings is 1. The Morgan fingerprint density at radius 1 is 1.21 bits per heavy atom. The summed E-state index contributed by atoms with van der Waals surface area (Å²) in [4.78, 5) is 14.8. The lowest BCUT2D eigenvalue weighted by atomic mass is 10.1. The molecule has 19 heavy (non-hydrogen) atoms. The number of nitrogens with zero attached hydrogens (tertiary/aromatic N) is 1. The molecule has 0 fully saturated rings. The molecule has 5 nitrogen and oxygen atoms in total. The van der Waals surface area contributed by atoms with E-state index in [9.17, 15) is 4.79 Å². The van der Waals surface area contributed by atoms with Gasteiger partial charge in [-0.25, -0.2) is 9.78 Å². The van der Waals surface area contributed by atoms with Crippen molar-refractivity contribution in [2.75, 3.05) is 6.61 Å². The Morgan fingerprint density at radius 3 is 2.58 bits per heavy atom. The van der Waals surface area contributed by atoms with E-state index < -0.39 is 5.97 Å². The molecule has 1 aromatic heterocycles. The predicted molar refractivity (Wildman–Crippen MR) is 68.5 cm³/mol. The fourth-order valence-electron chi connectivity index (χ4n) is 1.57. The molecule has 0 aliphatic rings. The van der Waals surface area contributed by atoms with Crippen molar-refractivity contribution in [3.63, 3.8) is 0 Å². The van der Waals surface area contributed by atoms with Crippen molar-refractivity contribution in [1.29, 1.82) is 0 Å². The molecule has 0 spiro atoms. The van der Waals surface area contributed by atoms with Crippen LogP contribution >= 0.6 is 0 Å². The van der Waals surface area contributed by atoms with E-state index >= 15 is 0 Å². The average molecular weight is 259 g/mol. The third-order valence-electron chi connectivity index (χ3n) is 2.53. The Labute approximate surface area is 110 Å². The number of aromatic nitrogens is 1. The molecule has 2 rings (SSSR count). The molecule has 0 radical (unpaired) electrons. The highest BCUT2D eigenvalue weighted by atomic mass is 16.5. The first-order chi connectivity index (χ1) is 9.19. The number of carbonyl (C=O) groups is 1. The number of benzene rings is 1. The van der Waals surface area contributed by atoms with E-state index in [2.05, 4.69) is 4.98 Å². The van der Waals surface area contributed by atoms with Gasteiger partial charge in [0.05, 0.1) is 5.56 Å². The van der Waals surface area contributed by atoms with Gasteiger partial charge in [-0.3, -0.25) is 0 Å². The summed E-state index contributed by atoms with van der Waals surface area (Å²) in [5, 5.41) is 17.7. The molecule has 1 heterocycles. The van der Waals surface area contributed by atoms with E-state index in [1.807, 2.05) is 12.1 Å². The van der Waals surface area contributed by atoms with Gasteiger partial charge in [0.2, 0.25) is 5.88 Å². The second-order valence-electron chi connectivity index (χ2n) is 3.91. The van der Waals surface area contributed by atoms with Gasteiger partial charge in [0.25, 0.3) is 0 Å². The van der Waals surface area contributed by atoms with Crippen LogP contribution in [0.15, 0.2) is 42.6 Å². The number of ether oxygens (including phenoxy) is 1. The van der Waals surface area contributed by atoms with Gasteiger partial charge in [0.15, 0.2) is 0 Å². The highest BCUT2D eigenvalue weighted by Crippen LogP contribution is 2.20. The molecule has 1 aromatic carbocycles. The van der Waals surface area contributed by atoms with Crippen LogP contribution in [0.2, 0.25) is 0 Å². The fourth-order valence-corrected chi connectivity index (χ4v) is 1.57. The van der Waals surface area contributed by atoms with Gasteiger partial charge in [-0.2, -0.15) is 0 Å². The van der Waals surface area contributed by atoms with Crippen LogP contribution in [0.5, 0.6) is 11.6 Å². The topological polar surface area (TPSA) is 79.7 Å². The number of hydrogen-bond donors (Lipinski definition) is 2. The summed E-state index contributed by atoms with van der Waals surface area (Å²) < 4.78 is 5.47. The van der Waals surface area contributed by atoms with E-state index in [0.717, 1.165) is 5.56 Å². The number of rotatable bonds is 5. The maximum absolute atomic E-state index is 10.8. The molecule has 2 aromatic rings. The Morgan fingerprint density at radius 2 is 1.95 bits per heavy atom. The minimum Gasteiger partial charge on any atom is -0.478 e. The first-order valence-corrected chi connectivity index (χ1v) is 5.76. The number of hydrogen-bond acceptors (Lipinski definition) is 4. The zero-order valence-electron chi connectivity index (χ0n) is 10.1. The normalized spacial score (nSPS) is 10.2. The summed E-state index contributed by atoms with van der Waals surface area (Å²) in [7, 11) is 0.